The molecule has 10 atom stereocenters. The van der Waals surface area contributed by atoms with Crippen molar-refractivity contribution >= 4 is 11.9 Å². The number of rotatable bonds is 3. The molecule has 0 aliphatic heterocycles. The highest BCUT2D eigenvalue weighted by atomic mass is 16.6. The van der Waals surface area contributed by atoms with E-state index in [0.717, 1.165) is 67.1 Å². The standard InChI is InChI=1S/C30H44O4/c1-14-15(2)20-9-19(14)23-21-10-22(24(20)23)26(25(21)27(31)33-29(3,4)5)28(32)34-30-11-16-6-17(12-30)8-18(7-16)13-30/h14-26H,6-13H2,1-5H3. The Bertz CT molecular complexity index is 865. The molecular weight excluding hydrogens is 424 g/mol. The van der Waals surface area contributed by atoms with E-state index in [0.29, 0.717) is 23.7 Å². The predicted octanol–water partition coefficient (Wildman–Crippen LogP) is 5.88. The summed E-state index contributed by atoms with van der Waals surface area (Å²) in [5.41, 5.74) is -0.759. The minimum absolute atomic E-state index is 0.0350. The van der Waals surface area contributed by atoms with Crippen molar-refractivity contribution in [1.29, 1.82) is 0 Å². The molecule has 8 bridgehead atoms. The Kier molecular flexibility index (Phi) is 4.58. The number of fused-ring (bicyclic) bond motifs is 9. The second-order valence-corrected chi connectivity index (χ2v) is 15.1. The summed E-state index contributed by atoms with van der Waals surface area (Å²) >= 11 is 0. The maximum absolute atomic E-state index is 14.1. The average Bonchev–Trinajstić information content (AvgIpc) is 3.44. The molecule has 10 unspecified atom stereocenters. The van der Waals surface area contributed by atoms with E-state index in [2.05, 4.69) is 13.8 Å². The number of hydrogen-bond acceptors (Lipinski definition) is 4. The Balaban J connectivity index is 1.19. The Hall–Kier alpha value is -1.06. The lowest BCUT2D eigenvalue weighted by molar-refractivity contribution is -0.200. The molecule has 0 aromatic rings. The first kappa shape index (κ1) is 22.2. The number of ether oxygens (including phenoxy) is 2. The summed E-state index contributed by atoms with van der Waals surface area (Å²) < 4.78 is 12.6. The van der Waals surface area contributed by atoms with E-state index in [9.17, 15) is 9.59 Å². The predicted molar refractivity (Wildman–Crippen MR) is 128 cm³/mol. The van der Waals surface area contributed by atoms with Crippen molar-refractivity contribution in [2.24, 2.45) is 76.9 Å². The third kappa shape index (κ3) is 3.01. The molecule has 0 radical (unpaired) electrons. The summed E-state index contributed by atoms with van der Waals surface area (Å²) in [7, 11) is 0. The van der Waals surface area contributed by atoms with Crippen LogP contribution in [0.15, 0.2) is 0 Å². The highest BCUT2D eigenvalue weighted by molar-refractivity contribution is 5.84. The van der Waals surface area contributed by atoms with E-state index >= 15 is 0 Å². The van der Waals surface area contributed by atoms with Crippen LogP contribution in [0.4, 0.5) is 0 Å². The molecule has 0 N–H and O–H groups in total. The molecule has 34 heavy (non-hydrogen) atoms. The molecule has 8 fully saturated rings. The fourth-order valence-electron chi connectivity index (χ4n) is 11.7. The van der Waals surface area contributed by atoms with Crippen molar-refractivity contribution in [3.63, 3.8) is 0 Å². The van der Waals surface area contributed by atoms with Crippen LogP contribution in [0.3, 0.4) is 0 Å². The van der Waals surface area contributed by atoms with Crippen LogP contribution in [0.25, 0.3) is 0 Å². The quantitative estimate of drug-likeness (QED) is 0.384. The highest BCUT2D eigenvalue weighted by Gasteiger charge is 2.72. The van der Waals surface area contributed by atoms with Gasteiger partial charge in [0.15, 0.2) is 0 Å². The second kappa shape index (κ2) is 7.03. The van der Waals surface area contributed by atoms with Gasteiger partial charge in [-0.15, -0.1) is 0 Å². The van der Waals surface area contributed by atoms with Gasteiger partial charge in [0.1, 0.15) is 11.2 Å². The minimum atomic E-state index is -0.525. The first-order chi connectivity index (χ1) is 16.0. The third-order valence-corrected chi connectivity index (χ3v) is 12.3. The summed E-state index contributed by atoms with van der Waals surface area (Å²) in [5.74, 6) is 6.30. The van der Waals surface area contributed by atoms with E-state index in [1.54, 1.807) is 0 Å². The van der Waals surface area contributed by atoms with Gasteiger partial charge in [0.2, 0.25) is 0 Å². The molecule has 0 amide bonds. The number of hydrogen-bond donors (Lipinski definition) is 0. The molecule has 0 aromatic carbocycles. The molecule has 0 saturated heterocycles. The number of esters is 2. The van der Waals surface area contributed by atoms with Gasteiger partial charge in [0, 0.05) is 0 Å². The molecular formula is C30H44O4. The Labute approximate surface area is 205 Å². The van der Waals surface area contributed by atoms with Crippen molar-refractivity contribution in [2.45, 2.75) is 97.2 Å². The zero-order valence-corrected chi connectivity index (χ0v) is 21.8. The molecule has 0 heterocycles. The van der Waals surface area contributed by atoms with Crippen LogP contribution < -0.4 is 0 Å². The number of carbonyl (C=O) groups excluding carboxylic acids is 2. The van der Waals surface area contributed by atoms with Gasteiger partial charge < -0.3 is 9.47 Å². The minimum Gasteiger partial charge on any atom is -0.460 e. The monoisotopic (exact) mass is 468 g/mol. The lowest BCUT2D eigenvalue weighted by atomic mass is 9.54. The van der Waals surface area contributed by atoms with E-state index < -0.39 is 5.60 Å². The molecule has 188 valence electrons. The normalized spacial score (nSPS) is 56.1. The van der Waals surface area contributed by atoms with Crippen LogP contribution in [-0.4, -0.2) is 23.1 Å². The van der Waals surface area contributed by atoms with Crippen LogP contribution in [0.5, 0.6) is 0 Å². The molecule has 0 spiro atoms. The summed E-state index contributed by atoms with van der Waals surface area (Å²) in [6, 6.07) is 0. The van der Waals surface area contributed by atoms with E-state index in [4.69, 9.17) is 9.47 Å². The van der Waals surface area contributed by atoms with Crippen LogP contribution in [0.2, 0.25) is 0 Å². The van der Waals surface area contributed by atoms with Gasteiger partial charge in [-0.1, -0.05) is 13.8 Å². The van der Waals surface area contributed by atoms with E-state index in [1.807, 2.05) is 20.8 Å². The number of carbonyl (C=O) groups is 2. The summed E-state index contributed by atoms with van der Waals surface area (Å²) in [6.45, 7) is 10.7. The van der Waals surface area contributed by atoms with Crippen LogP contribution in [0.1, 0.15) is 86.0 Å². The summed E-state index contributed by atoms with van der Waals surface area (Å²) in [6.07, 6.45) is 9.56. The molecule has 0 aromatic heterocycles. The van der Waals surface area contributed by atoms with Crippen molar-refractivity contribution in [3.8, 4) is 0 Å². The Morgan fingerprint density at radius 3 is 1.59 bits per heavy atom. The van der Waals surface area contributed by atoms with Crippen molar-refractivity contribution < 1.29 is 19.1 Å². The molecule has 8 aliphatic carbocycles. The zero-order valence-electron chi connectivity index (χ0n) is 21.8. The molecule has 4 heteroatoms. The summed E-state index contributed by atoms with van der Waals surface area (Å²) in [5, 5.41) is 0. The largest absolute Gasteiger partial charge is 0.460 e. The third-order valence-electron chi connectivity index (χ3n) is 12.3. The van der Waals surface area contributed by atoms with E-state index in [-0.39, 0.29) is 29.4 Å². The molecule has 8 saturated carbocycles. The maximum atomic E-state index is 14.1. The molecule has 8 rings (SSSR count). The lowest BCUT2D eigenvalue weighted by Gasteiger charge is -2.56. The first-order valence-electron chi connectivity index (χ1n) is 14.5. The van der Waals surface area contributed by atoms with Gasteiger partial charge in [-0.3, -0.25) is 9.59 Å². The highest BCUT2D eigenvalue weighted by Crippen LogP contribution is 2.73. The van der Waals surface area contributed by atoms with Gasteiger partial charge in [0.25, 0.3) is 0 Å². The van der Waals surface area contributed by atoms with Gasteiger partial charge in [0.05, 0.1) is 11.8 Å². The van der Waals surface area contributed by atoms with Crippen LogP contribution in [-0.2, 0) is 19.1 Å². The van der Waals surface area contributed by atoms with Crippen molar-refractivity contribution in [2.75, 3.05) is 0 Å². The molecule has 8 aliphatic rings. The first-order valence-corrected chi connectivity index (χ1v) is 14.5. The van der Waals surface area contributed by atoms with Gasteiger partial charge in [-0.2, -0.15) is 0 Å². The van der Waals surface area contributed by atoms with Gasteiger partial charge >= 0.3 is 11.9 Å². The fourth-order valence-corrected chi connectivity index (χ4v) is 11.7. The lowest BCUT2D eigenvalue weighted by Crippen LogP contribution is -2.55. The van der Waals surface area contributed by atoms with E-state index in [1.165, 1.54) is 25.7 Å². The SMILES string of the molecule is CC1C(C)C2CC1C1C3CC(C(C(=O)OC45CC6CC(CC(C6)C4)C5)C3C(=O)OC(C)(C)C)C21. The van der Waals surface area contributed by atoms with Crippen LogP contribution >= 0.6 is 0 Å². The topological polar surface area (TPSA) is 52.6 Å². The van der Waals surface area contributed by atoms with Gasteiger partial charge in [-0.05, 0) is 137 Å². The smallest absolute Gasteiger partial charge is 0.310 e. The van der Waals surface area contributed by atoms with Crippen LogP contribution in [0, 0.1) is 76.9 Å². The fraction of sp³-hybridized carbons (Fsp3) is 0.933. The maximum Gasteiger partial charge on any atom is 0.310 e. The van der Waals surface area contributed by atoms with Crippen molar-refractivity contribution in [3.05, 3.63) is 0 Å². The summed E-state index contributed by atoms with van der Waals surface area (Å²) in [4.78, 5) is 27.8. The van der Waals surface area contributed by atoms with Crippen molar-refractivity contribution in [1.82, 2.24) is 0 Å². The average molecular weight is 469 g/mol. The van der Waals surface area contributed by atoms with Gasteiger partial charge in [-0.25, -0.2) is 0 Å². The Morgan fingerprint density at radius 1 is 0.676 bits per heavy atom. The zero-order chi connectivity index (χ0) is 23.7. The molecule has 4 nitrogen and oxygen atoms in total. The second-order valence-electron chi connectivity index (χ2n) is 15.1. The Morgan fingerprint density at radius 2 is 1.12 bits per heavy atom.